The van der Waals surface area contributed by atoms with Crippen LogP contribution >= 0.6 is 24.0 Å². The minimum absolute atomic E-state index is 0. The molecule has 0 aliphatic carbocycles. The molecule has 6 heteroatoms. The molecule has 18 heavy (non-hydrogen) atoms. The molecule has 0 saturated carbocycles. The third-order valence-corrected chi connectivity index (χ3v) is 3.28. The quantitative estimate of drug-likeness (QED) is 0.864. The van der Waals surface area contributed by atoms with Crippen LogP contribution in [0.5, 0.6) is 0 Å². The topological polar surface area (TPSA) is 46.3 Å². The molecule has 0 bridgehead atoms. The second kappa shape index (κ2) is 6.36. The number of carbonyl (C=O) groups excluding carboxylic acids is 1. The Morgan fingerprint density at radius 3 is 2.56 bits per heavy atom. The van der Waals surface area contributed by atoms with E-state index in [1.165, 1.54) is 18.2 Å². The van der Waals surface area contributed by atoms with Crippen LogP contribution in [0, 0.1) is 5.82 Å². The van der Waals surface area contributed by atoms with E-state index in [2.05, 4.69) is 0 Å². The van der Waals surface area contributed by atoms with E-state index in [1.807, 2.05) is 0 Å². The van der Waals surface area contributed by atoms with Crippen LogP contribution in [0.25, 0.3) is 0 Å². The monoisotopic (exact) mass is 292 g/mol. The van der Waals surface area contributed by atoms with Gasteiger partial charge in [0.2, 0.25) is 0 Å². The van der Waals surface area contributed by atoms with Crippen molar-refractivity contribution in [2.24, 2.45) is 5.73 Å². The summed E-state index contributed by atoms with van der Waals surface area (Å²) in [6.07, 6.45) is 1.61. The van der Waals surface area contributed by atoms with Crippen molar-refractivity contribution in [3.63, 3.8) is 0 Å². The summed E-state index contributed by atoms with van der Waals surface area (Å²) in [7, 11) is 0. The van der Waals surface area contributed by atoms with Crippen molar-refractivity contribution in [1.82, 2.24) is 4.90 Å². The van der Waals surface area contributed by atoms with Crippen LogP contribution in [0.15, 0.2) is 18.2 Å². The van der Waals surface area contributed by atoms with Gasteiger partial charge in [-0.3, -0.25) is 4.79 Å². The predicted octanol–water partition coefficient (Wildman–Crippen LogP) is 2.46. The zero-order chi connectivity index (χ0) is 12.4. The molecule has 1 aromatic rings. The smallest absolute Gasteiger partial charge is 0.253 e. The highest BCUT2D eigenvalue weighted by molar-refractivity contribution is 6.31. The van der Waals surface area contributed by atoms with Crippen LogP contribution in [0.2, 0.25) is 5.02 Å². The minimum atomic E-state index is -0.510. The van der Waals surface area contributed by atoms with Crippen LogP contribution in [0.1, 0.15) is 23.2 Å². The normalized spacial score (nSPS) is 16.3. The number of likely N-dealkylation sites (tertiary alicyclic amines) is 1. The SMILES string of the molecule is Cl.NC1CCN(C(=O)c2ccc(F)c(Cl)c2)CC1. The number of nitrogens with two attached hydrogens (primary N) is 1. The number of hydrogen-bond acceptors (Lipinski definition) is 2. The number of rotatable bonds is 1. The van der Waals surface area contributed by atoms with Gasteiger partial charge in [0.25, 0.3) is 5.91 Å². The Morgan fingerprint density at radius 2 is 2.00 bits per heavy atom. The summed E-state index contributed by atoms with van der Waals surface area (Å²) in [5.41, 5.74) is 6.19. The second-order valence-corrected chi connectivity index (χ2v) is 4.67. The van der Waals surface area contributed by atoms with Gasteiger partial charge in [-0.25, -0.2) is 4.39 Å². The molecule has 100 valence electrons. The first kappa shape index (κ1) is 15.2. The number of nitrogens with zero attached hydrogens (tertiary/aromatic N) is 1. The summed E-state index contributed by atoms with van der Waals surface area (Å²) >= 11 is 5.65. The molecule has 1 aromatic carbocycles. The van der Waals surface area contributed by atoms with Gasteiger partial charge in [-0.15, -0.1) is 12.4 Å². The standard InChI is InChI=1S/C12H14ClFN2O.ClH/c13-10-7-8(1-2-11(10)14)12(17)16-5-3-9(15)4-6-16;/h1-2,7,9H,3-6,15H2;1H. The number of hydrogen-bond donors (Lipinski definition) is 1. The average Bonchev–Trinajstić information content (AvgIpc) is 2.33. The fourth-order valence-corrected chi connectivity index (χ4v) is 2.09. The highest BCUT2D eigenvalue weighted by Gasteiger charge is 2.22. The summed E-state index contributed by atoms with van der Waals surface area (Å²) < 4.78 is 13.0. The van der Waals surface area contributed by atoms with Crippen LogP contribution in [-0.2, 0) is 0 Å². The molecule has 2 rings (SSSR count). The van der Waals surface area contributed by atoms with Gasteiger partial charge in [0, 0.05) is 24.7 Å². The summed E-state index contributed by atoms with van der Waals surface area (Å²) in [5.74, 6) is -0.623. The van der Waals surface area contributed by atoms with Crippen molar-refractivity contribution in [1.29, 1.82) is 0 Å². The summed E-state index contributed by atoms with van der Waals surface area (Å²) in [5, 5.41) is -0.0236. The number of halogens is 3. The van der Waals surface area contributed by atoms with E-state index in [9.17, 15) is 9.18 Å². The molecule has 1 heterocycles. The number of piperidine rings is 1. The fraction of sp³-hybridized carbons (Fsp3) is 0.417. The van der Waals surface area contributed by atoms with Gasteiger partial charge in [-0.2, -0.15) is 0 Å². The van der Waals surface area contributed by atoms with E-state index in [-0.39, 0.29) is 29.4 Å². The van der Waals surface area contributed by atoms with Crippen molar-refractivity contribution in [3.05, 3.63) is 34.6 Å². The lowest BCUT2D eigenvalue weighted by molar-refractivity contribution is 0.0714. The lowest BCUT2D eigenvalue weighted by Gasteiger charge is -2.30. The van der Waals surface area contributed by atoms with Gasteiger partial charge in [-0.1, -0.05) is 11.6 Å². The van der Waals surface area contributed by atoms with E-state index in [1.54, 1.807) is 4.90 Å². The Kier molecular flexibility index (Phi) is 5.38. The molecule has 0 unspecified atom stereocenters. The van der Waals surface area contributed by atoms with Crippen molar-refractivity contribution >= 4 is 29.9 Å². The molecule has 1 amide bonds. The first-order chi connectivity index (χ1) is 8.08. The van der Waals surface area contributed by atoms with Crippen molar-refractivity contribution < 1.29 is 9.18 Å². The van der Waals surface area contributed by atoms with Gasteiger partial charge in [0.15, 0.2) is 0 Å². The minimum Gasteiger partial charge on any atom is -0.339 e. The van der Waals surface area contributed by atoms with Gasteiger partial charge < -0.3 is 10.6 Å². The maximum Gasteiger partial charge on any atom is 0.253 e. The molecule has 2 N–H and O–H groups in total. The average molecular weight is 293 g/mol. The molecule has 1 fully saturated rings. The van der Waals surface area contributed by atoms with E-state index in [0.29, 0.717) is 18.7 Å². The molecule has 0 radical (unpaired) electrons. The summed E-state index contributed by atoms with van der Waals surface area (Å²) in [6.45, 7) is 1.30. The fourth-order valence-electron chi connectivity index (χ4n) is 1.91. The van der Waals surface area contributed by atoms with Gasteiger partial charge in [0.05, 0.1) is 5.02 Å². The van der Waals surface area contributed by atoms with E-state index in [0.717, 1.165) is 12.8 Å². The maximum atomic E-state index is 13.0. The van der Waals surface area contributed by atoms with Crippen molar-refractivity contribution in [2.75, 3.05) is 13.1 Å². The third kappa shape index (κ3) is 3.34. The molecular weight excluding hydrogens is 278 g/mol. The molecule has 1 aliphatic rings. The highest BCUT2D eigenvalue weighted by Crippen LogP contribution is 2.18. The largest absolute Gasteiger partial charge is 0.339 e. The highest BCUT2D eigenvalue weighted by atomic mass is 35.5. The van der Waals surface area contributed by atoms with Gasteiger partial charge >= 0.3 is 0 Å². The molecule has 0 aromatic heterocycles. The number of carbonyl (C=O) groups is 1. The molecule has 1 aliphatic heterocycles. The van der Waals surface area contributed by atoms with Crippen LogP contribution < -0.4 is 5.73 Å². The zero-order valence-corrected chi connectivity index (χ0v) is 11.3. The Hall–Kier alpha value is -0.840. The molecule has 1 saturated heterocycles. The van der Waals surface area contributed by atoms with Crippen molar-refractivity contribution in [2.45, 2.75) is 18.9 Å². The maximum absolute atomic E-state index is 13.0. The molecule has 3 nitrogen and oxygen atoms in total. The van der Waals surface area contributed by atoms with E-state index in [4.69, 9.17) is 17.3 Å². The number of benzene rings is 1. The van der Waals surface area contributed by atoms with E-state index < -0.39 is 5.82 Å². The van der Waals surface area contributed by atoms with Crippen LogP contribution in [0.4, 0.5) is 4.39 Å². The second-order valence-electron chi connectivity index (χ2n) is 4.26. The van der Waals surface area contributed by atoms with Crippen molar-refractivity contribution in [3.8, 4) is 0 Å². The molecule has 0 spiro atoms. The summed E-state index contributed by atoms with van der Waals surface area (Å²) in [4.78, 5) is 13.8. The lowest BCUT2D eigenvalue weighted by atomic mass is 10.0. The first-order valence-corrected chi connectivity index (χ1v) is 5.95. The van der Waals surface area contributed by atoms with Crippen LogP contribution in [-0.4, -0.2) is 29.9 Å². The molecule has 0 atom stereocenters. The molecular formula is C12H15Cl2FN2O. The number of amides is 1. The van der Waals surface area contributed by atoms with Gasteiger partial charge in [0.1, 0.15) is 5.82 Å². The van der Waals surface area contributed by atoms with Crippen LogP contribution in [0.3, 0.4) is 0 Å². The predicted molar refractivity (Wildman–Crippen MR) is 71.8 cm³/mol. The Morgan fingerprint density at radius 1 is 1.39 bits per heavy atom. The lowest BCUT2D eigenvalue weighted by Crippen LogP contribution is -2.42. The van der Waals surface area contributed by atoms with Gasteiger partial charge in [-0.05, 0) is 31.0 Å². The Bertz CT molecular complexity index is 434. The Balaban J connectivity index is 0.00000162. The van der Waals surface area contributed by atoms with E-state index >= 15 is 0 Å². The first-order valence-electron chi connectivity index (χ1n) is 5.58. The zero-order valence-electron chi connectivity index (χ0n) is 9.73. The third-order valence-electron chi connectivity index (χ3n) is 2.99. The Labute approximate surface area is 116 Å². The summed E-state index contributed by atoms with van der Waals surface area (Å²) in [6, 6.07) is 4.22.